The molecule has 0 bridgehead atoms. The van der Waals surface area contributed by atoms with E-state index in [0.717, 1.165) is 5.56 Å². The molecule has 0 saturated heterocycles. The van der Waals surface area contributed by atoms with Crippen LogP contribution in [0.2, 0.25) is 5.02 Å². The Morgan fingerprint density at radius 2 is 2.33 bits per heavy atom. The van der Waals surface area contributed by atoms with E-state index in [-0.39, 0.29) is 16.1 Å². The van der Waals surface area contributed by atoms with Gasteiger partial charge in [0.1, 0.15) is 0 Å². The molecule has 0 fully saturated rings. The van der Waals surface area contributed by atoms with Crippen molar-refractivity contribution >= 4 is 35.2 Å². The third-order valence-corrected chi connectivity index (χ3v) is 2.76. The highest BCUT2D eigenvalue weighted by Crippen LogP contribution is 2.25. The molecule has 1 N–H and O–H groups in total. The van der Waals surface area contributed by atoms with Gasteiger partial charge in [-0.05, 0) is 24.1 Å². The minimum atomic E-state index is -1.12. The van der Waals surface area contributed by atoms with Crippen LogP contribution in [0.4, 0.5) is 0 Å². The zero-order chi connectivity index (χ0) is 11.0. The predicted molar refractivity (Wildman–Crippen MR) is 58.6 cm³/mol. The molecule has 0 amide bonds. The molecule has 0 saturated carbocycles. The molecule has 5 heteroatoms. The normalized spacial score (nSPS) is 18.7. The molecule has 1 heterocycles. The lowest BCUT2D eigenvalue weighted by atomic mass is 10.0. The van der Waals surface area contributed by atoms with Crippen LogP contribution in [0.3, 0.4) is 0 Å². The summed E-state index contributed by atoms with van der Waals surface area (Å²) in [4.78, 5) is 14.7. The highest BCUT2D eigenvalue weighted by molar-refractivity contribution is 6.33. The van der Waals surface area contributed by atoms with Gasteiger partial charge in [-0.15, -0.1) is 11.6 Å². The van der Waals surface area contributed by atoms with Crippen LogP contribution in [0, 0.1) is 0 Å². The molecule has 0 radical (unpaired) electrons. The zero-order valence-corrected chi connectivity index (χ0v) is 9.09. The molecule has 3 nitrogen and oxygen atoms in total. The van der Waals surface area contributed by atoms with Crippen molar-refractivity contribution in [1.82, 2.24) is 4.98 Å². The van der Waals surface area contributed by atoms with Crippen LogP contribution < -0.4 is 0 Å². The molecule has 1 aromatic rings. The summed E-state index contributed by atoms with van der Waals surface area (Å²) in [5, 5.41) is 8.90. The molecule has 1 aromatic heterocycles. The smallest absolute Gasteiger partial charge is 0.356 e. The highest BCUT2D eigenvalue weighted by atomic mass is 35.5. The van der Waals surface area contributed by atoms with Gasteiger partial charge >= 0.3 is 5.97 Å². The van der Waals surface area contributed by atoms with E-state index in [1.54, 1.807) is 18.2 Å². The van der Waals surface area contributed by atoms with Crippen LogP contribution in [-0.2, 0) is 6.42 Å². The van der Waals surface area contributed by atoms with Crippen LogP contribution in [0.15, 0.2) is 12.1 Å². The molecule has 1 aliphatic carbocycles. The standard InChI is InChI=1S/C10H7Cl2NO2/c11-6-1-2-8-5(3-6)4-7(12)9(13-8)10(14)15/h1-2,4,6H,3H2,(H,14,15). The van der Waals surface area contributed by atoms with Crippen molar-refractivity contribution in [2.75, 3.05) is 0 Å². The van der Waals surface area contributed by atoms with Gasteiger partial charge in [0.25, 0.3) is 0 Å². The molecule has 15 heavy (non-hydrogen) atoms. The van der Waals surface area contributed by atoms with E-state index in [1.807, 2.05) is 0 Å². The number of pyridine rings is 1. The summed E-state index contributed by atoms with van der Waals surface area (Å²) < 4.78 is 0. The number of aromatic nitrogens is 1. The summed E-state index contributed by atoms with van der Waals surface area (Å²) >= 11 is 11.7. The minimum absolute atomic E-state index is 0.0777. The number of aromatic carboxylic acids is 1. The Balaban J connectivity index is 2.53. The second-order valence-corrected chi connectivity index (χ2v) is 4.22. The zero-order valence-electron chi connectivity index (χ0n) is 7.58. The monoisotopic (exact) mass is 243 g/mol. The SMILES string of the molecule is O=C(O)c1nc2c(cc1Cl)CC(Cl)C=C2. The van der Waals surface area contributed by atoms with E-state index in [2.05, 4.69) is 4.98 Å². The largest absolute Gasteiger partial charge is 0.476 e. The average Bonchev–Trinajstić information content (AvgIpc) is 2.15. The third-order valence-electron chi connectivity index (χ3n) is 2.17. The number of carbonyl (C=O) groups is 1. The van der Waals surface area contributed by atoms with Gasteiger partial charge in [0.2, 0.25) is 0 Å². The number of hydrogen-bond acceptors (Lipinski definition) is 2. The third kappa shape index (κ3) is 1.98. The summed E-state index contributed by atoms with van der Waals surface area (Å²) in [6.45, 7) is 0. The number of fused-ring (bicyclic) bond motifs is 1. The fraction of sp³-hybridized carbons (Fsp3) is 0.200. The maximum atomic E-state index is 10.8. The molecule has 0 spiro atoms. The van der Waals surface area contributed by atoms with Gasteiger partial charge in [-0.3, -0.25) is 0 Å². The fourth-order valence-electron chi connectivity index (χ4n) is 1.47. The molecule has 0 aliphatic heterocycles. The van der Waals surface area contributed by atoms with E-state index in [9.17, 15) is 4.79 Å². The Hall–Kier alpha value is -1.06. The van der Waals surface area contributed by atoms with Gasteiger partial charge in [0, 0.05) is 0 Å². The molecule has 1 aliphatic rings. The first-order chi connectivity index (χ1) is 7.08. The van der Waals surface area contributed by atoms with E-state index in [4.69, 9.17) is 28.3 Å². The van der Waals surface area contributed by atoms with E-state index in [0.29, 0.717) is 12.1 Å². The number of halogens is 2. The van der Waals surface area contributed by atoms with Crippen molar-refractivity contribution in [1.29, 1.82) is 0 Å². The van der Waals surface area contributed by atoms with Crippen molar-refractivity contribution in [2.24, 2.45) is 0 Å². The predicted octanol–water partition coefficient (Wildman–Crippen LogP) is 2.61. The summed E-state index contributed by atoms with van der Waals surface area (Å²) in [7, 11) is 0. The number of hydrogen-bond donors (Lipinski definition) is 1. The summed E-state index contributed by atoms with van der Waals surface area (Å²) in [6, 6.07) is 1.62. The Labute approximate surface area is 96.3 Å². The lowest BCUT2D eigenvalue weighted by Crippen LogP contribution is -2.11. The Bertz CT molecular complexity index is 457. The maximum absolute atomic E-state index is 10.8. The first-order valence-corrected chi connectivity index (χ1v) is 5.14. The maximum Gasteiger partial charge on any atom is 0.356 e. The Morgan fingerprint density at radius 3 is 3.00 bits per heavy atom. The van der Waals surface area contributed by atoms with Crippen molar-refractivity contribution in [3.8, 4) is 0 Å². The average molecular weight is 244 g/mol. The first kappa shape index (κ1) is 10.5. The van der Waals surface area contributed by atoms with E-state index < -0.39 is 5.97 Å². The van der Waals surface area contributed by atoms with Gasteiger partial charge in [-0.1, -0.05) is 17.7 Å². The molecular weight excluding hydrogens is 237 g/mol. The van der Waals surface area contributed by atoms with Crippen LogP contribution in [0.25, 0.3) is 6.08 Å². The number of allylic oxidation sites excluding steroid dienone is 1. The second-order valence-electron chi connectivity index (χ2n) is 3.25. The Morgan fingerprint density at radius 1 is 1.60 bits per heavy atom. The van der Waals surface area contributed by atoms with Gasteiger partial charge in [-0.2, -0.15) is 0 Å². The summed E-state index contributed by atoms with van der Waals surface area (Å²) in [5.74, 6) is -1.12. The number of carboxylic acid groups (broad SMARTS) is 1. The Kier molecular flexibility index (Phi) is 2.67. The molecule has 1 unspecified atom stereocenters. The van der Waals surface area contributed by atoms with Crippen molar-refractivity contribution in [3.63, 3.8) is 0 Å². The molecule has 78 valence electrons. The molecule has 1 atom stereocenters. The number of alkyl halides is 1. The van der Waals surface area contributed by atoms with Gasteiger partial charge in [0.05, 0.1) is 16.1 Å². The lowest BCUT2D eigenvalue weighted by molar-refractivity contribution is 0.0690. The van der Waals surface area contributed by atoms with Crippen molar-refractivity contribution < 1.29 is 9.90 Å². The first-order valence-electron chi connectivity index (χ1n) is 4.33. The topological polar surface area (TPSA) is 50.2 Å². The van der Waals surface area contributed by atoms with E-state index >= 15 is 0 Å². The molecule has 2 rings (SSSR count). The quantitative estimate of drug-likeness (QED) is 0.772. The van der Waals surface area contributed by atoms with Gasteiger partial charge < -0.3 is 5.11 Å². The van der Waals surface area contributed by atoms with Crippen LogP contribution in [-0.4, -0.2) is 21.4 Å². The highest BCUT2D eigenvalue weighted by Gasteiger charge is 2.18. The number of carboxylic acids is 1. The van der Waals surface area contributed by atoms with Crippen molar-refractivity contribution in [2.45, 2.75) is 11.8 Å². The summed E-state index contributed by atoms with van der Waals surface area (Å²) in [6.07, 6.45) is 4.13. The van der Waals surface area contributed by atoms with Crippen LogP contribution >= 0.6 is 23.2 Å². The van der Waals surface area contributed by atoms with Gasteiger partial charge in [0.15, 0.2) is 5.69 Å². The lowest BCUT2D eigenvalue weighted by Gasteiger charge is -2.14. The number of nitrogens with zero attached hydrogens (tertiary/aromatic N) is 1. The molecular formula is C10H7Cl2NO2. The number of rotatable bonds is 1. The van der Waals surface area contributed by atoms with Crippen LogP contribution in [0.5, 0.6) is 0 Å². The summed E-state index contributed by atoms with van der Waals surface area (Å²) in [5.41, 5.74) is 1.40. The van der Waals surface area contributed by atoms with E-state index in [1.165, 1.54) is 0 Å². The van der Waals surface area contributed by atoms with Crippen molar-refractivity contribution in [3.05, 3.63) is 34.1 Å². The fourth-order valence-corrected chi connectivity index (χ4v) is 1.97. The van der Waals surface area contributed by atoms with Crippen LogP contribution in [0.1, 0.15) is 21.7 Å². The second kappa shape index (κ2) is 3.83. The van der Waals surface area contributed by atoms with Gasteiger partial charge in [-0.25, -0.2) is 9.78 Å². The molecule has 0 aromatic carbocycles. The minimum Gasteiger partial charge on any atom is -0.476 e.